The fraction of sp³-hybridized carbons (Fsp3) is 0.192. The van der Waals surface area contributed by atoms with Crippen LogP contribution in [-0.2, 0) is 15.0 Å². The fourth-order valence-electron chi connectivity index (χ4n) is 3.45. The van der Waals surface area contributed by atoms with Crippen molar-refractivity contribution in [3.63, 3.8) is 0 Å². The van der Waals surface area contributed by atoms with Crippen molar-refractivity contribution in [1.82, 2.24) is 5.32 Å². The third kappa shape index (κ3) is 4.27. The van der Waals surface area contributed by atoms with E-state index in [1.165, 1.54) is 11.0 Å². The quantitative estimate of drug-likeness (QED) is 0.335. The summed E-state index contributed by atoms with van der Waals surface area (Å²) in [5, 5.41) is 2.66. The zero-order chi connectivity index (χ0) is 23.0. The van der Waals surface area contributed by atoms with Crippen molar-refractivity contribution in [3.8, 4) is 11.3 Å². The molecule has 6 heteroatoms. The standard InChI is InChI=1S/C26H24N2O3S/c1-16-5-7-17(8-6-16)22-14-13-20(31-22)15-21-23(29)27-25(32)28(24(21)30)19-11-9-18(10-12-19)26(2,3)4/h5-15H,1-4H3,(H,27,29,32). The molecule has 1 aliphatic rings. The number of aryl methyl sites for hydroxylation is 1. The highest BCUT2D eigenvalue weighted by Gasteiger charge is 2.35. The third-order valence-electron chi connectivity index (χ3n) is 5.34. The van der Waals surface area contributed by atoms with Gasteiger partial charge in [0, 0.05) is 5.56 Å². The van der Waals surface area contributed by atoms with Crippen LogP contribution in [0.3, 0.4) is 0 Å². The molecule has 0 radical (unpaired) electrons. The molecule has 1 saturated heterocycles. The summed E-state index contributed by atoms with van der Waals surface area (Å²) in [4.78, 5) is 27.1. The lowest BCUT2D eigenvalue weighted by atomic mass is 9.87. The van der Waals surface area contributed by atoms with Crippen LogP contribution in [0.5, 0.6) is 0 Å². The zero-order valence-corrected chi connectivity index (χ0v) is 19.2. The lowest BCUT2D eigenvalue weighted by Crippen LogP contribution is -2.54. The molecular weight excluding hydrogens is 420 g/mol. The Labute approximate surface area is 192 Å². The molecule has 1 N–H and O–H groups in total. The van der Waals surface area contributed by atoms with E-state index in [0.717, 1.165) is 16.7 Å². The van der Waals surface area contributed by atoms with Crippen LogP contribution in [-0.4, -0.2) is 16.9 Å². The van der Waals surface area contributed by atoms with Gasteiger partial charge < -0.3 is 4.42 Å². The van der Waals surface area contributed by atoms with E-state index in [1.54, 1.807) is 6.07 Å². The van der Waals surface area contributed by atoms with E-state index in [1.807, 2.05) is 61.5 Å². The summed E-state index contributed by atoms with van der Waals surface area (Å²) < 4.78 is 5.87. The number of hydrogen-bond donors (Lipinski definition) is 1. The van der Waals surface area contributed by atoms with Crippen LogP contribution in [0.25, 0.3) is 17.4 Å². The van der Waals surface area contributed by atoms with E-state index in [9.17, 15) is 9.59 Å². The molecule has 0 unspecified atom stereocenters. The normalized spacial score (nSPS) is 15.9. The molecule has 0 atom stereocenters. The van der Waals surface area contributed by atoms with E-state index in [-0.39, 0.29) is 16.1 Å². The second kappa shape index (κ2) is 8.20. The van der Waals surface area contributed by atoms with Crippen molar-refractivity contribution < 1.29 is 14.0 Å². The molecule has 5 nitrogen and oxygen atoms in total. The van der Waals surface area contributed by atoms with Gasteiger partial charge in [0.2, 0.25) is 0 Å². The molecular formula is C26H24N2O3S. The van der Waals surface area contributed by atoms with Gasteiger partial charge in [-0.2, -0.15) is 0 Å². The maximum Gasteiger partial charge on any atom is 0.270 e. The molecule has 1 aromatic heterocycles. The maximum absolute atomic E-state index is 13.2. The van der Waals surface area contributed by atoms with Gasteiger partial charge in [-0.1, -0.05) is 62.7 Å². The van der Waals surface area contributed by atoms with Gasteiger partial charge in [0.1, 0.15) is 17.1 Å². The maximum atomic E-state index is 13.2. The number of carbonyl (C=O) groups excluding carboxylic acids is 2. The Morgan fingerprint density at radius 1 is 0.938 bits per heavy atom. The number of nitrogens with one attached hydrogen (secondary N) is 1. The van der Waals surface area contributed by atoms with Gasteiger partial charge in [-0.05, 0) is 60.5 Å². The molecule has 0 aliphatic carbocycles. The highest BCUT2D eigenvalue weighted by molar-refractivity contribution is 7.80. The van der Waals surface area contributed by atoms with Gasteiger partial charge in [-0.3, -0.25) is 19.8 Å². The summed E-state index contributed by atoms with van der Waals surface area (Å²) in [6.45, 7) is 8.37. The summed E-state index contributed by atoms with van der Waals surface area (Å²) in [6.07, 6.45) is 1.45. The van der Waals surface area contributed by atoms with Gasteiger partial charge in [-0.25, -0.2) is 0 Å². The van der Waals surface area contributed by atoms with Gasteiger partial charge in [0.05, 0.1) is 5.69 Å². The van der Waals surface area contributed by atoms with Crippen LogP contribution in [0.2, 0.25) is 0 Å². The molecule has 1 fully saturated rings. The van der Waals surface area contributed by atoms with Crippen LogP contribution < -0.4 is 10.2 Å². The number of nitrogens with zero attached hydrogens (tertiary/aromatic N) is 1. The molecule has 0 bridgehead atoms. The van der Waals surface area contributed by atoms with Crippen molar-refractivity contribution in [2.45, 2.75) is 33.1 Å². The number of thiocarbonyl (C=S) groups is 1. The van der Waals surface area contributed by atoms with Crippen molar-refractivity contribution >= 4 is 40.9 Å². The zero-order valence-electron chi connectivity index (χ0n) is 18.4. The van der Waals surface area contributed by atoms with Gasteiger partial charge >= 0.3 is 0 Å². The first-order valence-electron chi connectivity index (χ1n) is 10.3. The molecule has 1 aliphatic heterocycles. The summed E-state index contributed by atoms with van der Waals surface area (Å²) in [6, 6.07) is 19.1. The Balaban J connectivity index is 1.64. The second-order valence-corrected chi connectivity index (χ2v) is 9.21. The first-order valence-corrected chi connectivity index (χ1v) is 10.7. The summed E-state index contributed by atoms with van der Waals surface area (Å²) in [5.41, 5.74) is 3.75. The number of furan rings is 1. The van der Waals surface area contributed by atoms with E-state index in [4.69, 9.17) is 16.6 Å². The van der Waals surface area contributed by atoms with Gasteiger partial charge in [0.15, 0.2) is 5.11 Å². The molecule has 2 aromatic carbocycles. The highest BCUT2D eigenvalue weighted by Crippen LogP contribution is 2.28. The number of hydrogen-bond acceptors (Lipinski definition) is 4. The molecule has 0 spiro atoms. The van der Waals surface area contributed by atoms with Crippen molar-refractivity contribution in [2.24, 2.45) is 0 Å². The Bertz CT molecular complexity index is 1230. The predicted octanol–water partition coefficient (Wildman–Crippen LogP) is 5.38. The molecule has 2 heterocycles. The van der Waals surface area contributed by atoms with Crippen LogP contribution in [0, 0.1) is 6.92 Å². The van der Waals surface area contributed by atoms with E-state index >= 15 is 0 Å². The minimum Gasteiger partial charge on any atom is -0.457 e. The molecule has 2 amide bonds. The number of carbonyl (C=O) groups is 2. The van der Waals surface area contributed by atoms with Crippen molar-refractivity contribution in [2.75, 3.05) is 4.90 Å². The summed E-state index contributed by atoms with van der Waals surface area (Å²) in [7, 11) is 0. The Morgan fingerprint density at radius 2 is 1.59 bits per heavy atom. The first kappa shape index (κ1) is 21.7. The molecule has 3 aromatic rings. The van der Waals surface area contributed by atoms with Gasteiger partial charge in [0.25, 0.3) is 11.8 Å². The number of anilines is 1. The Hall–Kier alpha value is -3.51. The lowest BCUT2D eigenvalue weighted by molar-refractivity contribution is -0.122. The van der Waals surface area contributed by atoms with Crippen LogP contribution in [0.1, 0.15) is 37.7 Å². The highest BCUT2D eigenvalue weighted by atomic mass is 32.1. The Morgan fingerprint density at radius 3 is 2.22 bits per heavy atom. The van der Waals surface area contributed by atoms with Crippen molar-refractivity contribution in [1.29, 1.82) is 0 Å². The molecule has 0 saturated carbocycles. The molecule has 162 valence electrons. The van der Waals surface area contributed by atoms with Crippen LogP contribution in [0.15, 0.2) is 70.7 Å². The average Bonchev–Trinajstić information content (AvgIpc) is 3.20. The van der Waals surface area contributed by atoms with Crippen LogP contribution >= 0.6 is 12.2 Å². The number of amides is 2. The number of benzene rings is 2. The van der Waals surface area contributed by atoms with E-state index in [2.05, 4.69) is 26.1 Å². The number of rotatable bonds is 3. The van der Waals surface area contributed by atoms with E-state index < -0.39 is 11.8 Å². The lowest BCUT2D eigenvalue weighted by Gasteiger charge is -2.29. The summed E-state index contributed by atoms with van der Waals surface area (Å²) in [5.74, 6) is 0.0342. The monoisotopic (exact) mass is 444 g/mol. The third-order valence-corrected chi connectivity index (χ3v) is 5.63. The minimum atomic E-state index is -0.546. The summed E-state index contributed by atoms with van der Waals surface area (Å²) >= 11 is 5.29. The predicted molar refractivity (Wildman–Crippen MR) is 130 cm³/mol. The van der Waals surface area contributed by atoms with Crippen molar-refractivity contribution in [3.05, 3.63) is 83.1 Å². The first-order chi connectivity index (χ1) is 15.1. The van der Waals surface area contributed by atoms with E-state index in [0.29, 0.717) is 17.2 Å². The second-order valence-electron chi connectivity index (χ2n) is 8.82. The largest absolute Gasteiger partial charge is 0.457 e. The smallest absolute Gasteiger partial charge is 0.270 e. The van der Waals surface area contributed by atoms with Gasteiger partial charge in [-0.15, -0.1) is 0 Å². The Kier molecular flexibility index (Phi) is 5.57. The average molecular weight is 445 g/mol. The fourth-order valence-corrected chi connectivity index (χ4v) is 3.73. The van der Waals surface area contributed by atoms with Crippen LogP contribution in [0.4, 0.5) is 5.69 Å². The SMILES string of the molecule is Cc1ccc(-c2ccc(C=C3C(=O)NC(=S)N(c4ccc(C(C)(C)C)cc4)C3=O)o2)cc1. The molecule has 4 rings (SSSR count). The minimum absolute atomic E-state index is 0.0152. The topological polar surface area (TPSA) is 62.6 Å². The molecule has 32 heavy (non-hydrogen) atoms.